The van der Waals surface area contributed by atoms with Gasteiger partial charge in [-0.15, -0.1) is 10.2 Å². The average molecular weight is 380 g/mol. The molecule has 2 unspecified atom stereocenters. The molecule has 2 atom stereocenters. The first kappa shape index (κ1) is 17.4. The Morgan fingerprint density at radius 1 is 1.14 bits per heavy atom. The predicted octanol–water partition coefficient (Wildman–Crippen LogP) is 1.29. The van der Waals surface area contributed by atoms with Crippen molar-refractivity contribution in [1.29, 1.82) is 0 Å². The van der Waals surface area contributed by atoms with Gasteiger partial charge in [-0.25, -0.2) is 5.43 Å². The van der Waals surface area contributed by atoms with Crippen molar-refractivity contribution in [3.05, 3.63) is 47.5 Å². The molecule has 3 N–H and O–H groups in total. The molecule has 5 rings (SSSR count). The van der Waals surface area contributed by atoms with Gasteiger partial charge in [0.2, 0.25) is 17.7 Å². The van der Waals surface area contributed by atoms with Crippen LogP contribution in [0.3, 0.4) is 0 Å². The number of aryl methyl sites for hydroxylation is 1. The summed E-state index contributed by atoms with van der Waals surface area (Å²) in [5.74, 6) is 1.28. The SMILES string of the molecule is Cc1ccc(-c2nnc(C3CNN4C(C5CCNCC5)=CC(=O)NC34)o2)cc1. The molecule has 0 spiro atoms. The zero-order chi connectivity index (χ0) is 19.1. The molecule has 3 aliphatic heterocycles. The molecular formula is C20H24N6O2. The third-order valence-electron chi connectivity index (χ3n) is 5.80. The third kappa shape index (κ3) is 3.08. The Kier molecular flexibility index (Phi) is 4.37. The van der Waals surface area contributed by atoms with Crippen LogP contribution in [0, 0.1) is 12.8 Å². The molecular weight excluding hydrogens is 356 g/mol. The van der Waals surface area contributed by atoms with Gasteiger partial charge in [-0.3, -0.25) is 9.80 Å². The van der Waals surface area contributed by atoms with Crippen molar-refractivity contribution in [3.8, 4) is 11.5 Å². The normalized spacial score (nSPS) is 25.4. The number of hydrazine groups is 1. The number of allylic oxidation sites excluding steroid dienone is 1. The number of hydrogen-bond donors (Lipinski definition) is 3. The van der Waals surface area contributed by atoms with Gasteiger partial charge in [-0.1, -0.05) is 17.7 Å². The highest BCUT2D eigenvalue weighted by molar-refractivity contribution is 5.89. The van der Waals surface area contributed by atoms with Crippen molar-refractivity contribution < 1.29 is 9.21 Å². The van der Waals surface area contributed by atoms with Gasteiger partial charge in [0.1, 0.15) is 6.17 Å². The molecule has 146 valence electrons. The van der Waals surface area contributed by atoms with Gasteiger partial charge in [0.05, 0.1) is 5.92 Å². The highest BCUT2D eigenvalue weighted by Crippen LogP contribution is 2.35. The van der Waals surface area contributed by atoms with Gasteiger partial charge in [0, 0.05) is 29.8 Å². The van der Waals surface area contributed by atoms with Crippen LogP contribution in [0.2, 0.25) is 0 Å². The number of benzene rings is 1. The van der Waals surface area contributed by atoms with Crippen LogP contribution in [0.25, 0.3) is 11.5 Å². The van der Waals surface area contributed by atoms with E-state index in [-0.39, 0.29) is 18.0 Å². The van der Waals surface area contributed by atoms with Gasteiger partial charge >= 0.3 is 0 Å². The fraction of sp³-hybridized carbons (Fsp3) is 0.450. The van der Waals surface area contributed by atoms with Crippen LogP contribution in [-0.4, -0.2) is 46.9 Å². The summed E-state index contributed by atoms with van der Waals surface area (Å²) in [6.45, 7) is 4.65. The number of nitrogens with one attached hydrogen (secondary N) is 3. The lowest BCUT2D eigenvalue weighted by molar-refractivity contribution is -0.119. The maximum atomic E-state index is 12.4. The topological polar surface area (TPSA) is 95.3 Å². The van der Waals surface area contributed by atoms with E-state index >= 15 is 0 Å². The Hall–Kier alpha value is -2.71. The Balaban J connectivity index is 1.39. The van der Waals surface area contributed by atoms with E-state index in [1.54, 1.807) is 6.08 Å². The zero-order valence-electron chi connectivity index (χ0n) is 15.8. The highest BCUT2D eigenvalue weighted by atomic mass is 16.4. The number of carbonyl (C=O) groups is 1. The molecule has 8 nitrogen and oxygen atoms in total. The van der Waals surface area contributed by atoms with E-state index < -0.39 is 0 Å². The van der Waals surface area contributed by atoms with Crippen molar-refractivity contribution in [1.82, 2.24) is 31.3 Å². The lowest BCUT2D eigenvalue weighted by atomic mass is 9.92. The first-order chi connectivity index (χ1) is 13.7. The molecule has 1 amide bonds. The van der Waals surface area contributed by atoms with Crippen LogP contribution < -0.4 is 16.1 Å². The molecule has 2 saturated heterocycles. The maximum Gasteiger partial charge on any atom is 0.247 e. The number of nitrogens with zero attached hydrogens (tertiary/aromatic N) is 3. The molecule has 2 fully saturated rings. The second kappa shape index (κ2) is 7.03. The second-order valence-electron chi connectivity index (χ2n) is 7.70. The molecule has 0 radical (unpaired) electrons. The summed E-state index contributed by atoms with van der Waals surface area (Å²) in [4.78, 5) is 12.4. The van der Waals surface area contributed by atoms with Crippen LogP contribution in [0.4, 0.5) is 0 Å². The molecule has 1 aromatic carbocycles. The quantitative estimate of drug-likeness (QED) is 0.738. The van der Waals surface area contributed by atoms with Crippen molar-refractivity contribution >= 4 is 5.91 Å². The van der Waals surface area contributed by atoms with Crippen LogP contribution in [-0.2, 0) is 4.79 Å². The van der Waals surface area contributed by atoms with Crippen molar-refractivity contribution in [3.63, 3.8) is 0 Å². The van der Waals surface area contributed by atoms with E-state index in [2.05, 4.69) is 31.3 Å². The smallest absolute Gasteiger partial charge is 0.247 e. The fourth-order valence-electron chi connectivity index (χ4n) is 4.25. The van der Waals surface area contributed by atoms with Crippen molar-refractivity contribution in [2.24, 2.45) is 5.92 Å². The average Bonchev–Trinajstić information content (AvgIpc) is 3.35. The summed E-state index contributed by atoms with van der Waals surface area (Å²) in [5, 5.41) is 17.0. The van der Waals surface area contributed by atoms with E-state index in [0.29, 0.717) is 24.2 Å². The lowest BCUT2D eigenvalue weighted by Gasteiger charge is -2.38. The summed E-state index contributed by atoms with van der Waals surface area (Å²) in [6, 6.07) is 8.00. The van der Waals surface area contributed by atoms with E-state index in [4.69, 9.17) is 4.42 Å². The second-order valence-corrected chi connectivity index (χ2v) is 7.70. The minimum Gasteiger partial charge on any atom is -0.420 e. The monoisotopic (exact) mass is 380 g/mol. The van der Waals surface area contributed by atoms with Crippen molar-refractivity contribution in [2.45, 2.75) is 31.8 Å². The van der Waals surface area contributed by atoms with Gasteiger partial charge in [0.25, 0.3) is 0 Å². The van der Waals surface area contributed by atoms with Gasteiger partial charge in [0.15, 0.2) is 0 Å². The van der Waals surface area contributed by atoms with Crippen LogP contribution >= 0.6 is 0 Å². The molecule has 3 aliphatic rings. The molecule has 0 bridgehead atoms. The summed E-state index contributed by atoms with van der Waals surface area (Å²) in [6.07, 6.45) is 3.58. The minimum absolute atomic E-state index is 0.0539. The predicted molar refractivity (Wildman–Crippen MR) is 103 cm³/mol. The minimum atomic E-state index is -0.214. The zero-order valence-corrected chi connectivity index (χ0v) is 15.8. The fourth-order valence-corrected chi connectivity index (χ4v) is 4.25. The van der Waals surface area contributed by atoms with Crippen molar-refractivity contribution in [2.75, 3.05) is 19.6 Å². The van der Waals surface area contributed by atoms with Crippen LogP contribution in [0.5, 0.6) is 0 Å². The first-order valence-corrected chi connectivity index (χ1v) is 9.85. The number of aromatic nitrogens is 2. The number of carbonyl (C=O) groups excluding carboxylic acids is 1. The Morgan fingerprint density at radius 3 is 2.71 bits per heavy atom. The standard InChI is InChI=1S/C20H24N6O2/c1-12-2-4-14(5-3-12)19-24-25-20(28-19)15-11-22-26-16(10-17(27)23-18(15)26)13-6-8-21-9-7-13/h2-5,10,13,15,18,21-22H,6-9,11H2,1H3,(H,23,27). The summed E-state index contributed by atoms with van der Waals surface area (Å²) in [5.41, 5.74) is 6.58. The number of fused-ring (bicyclic) bond motifs is 1. The molecule has 0 saturated carbocycles. The number of hydrogen-bond acceptors (Lipinski definition) is 7. The number of piperidine rings is 1. The summed E-state index contributed by atoms with van der Waals surface area (Å²) >= 11 is 0. The largest absolute Gasteiger partial charge is 0.420 e. The molecule has 8 heteroatoms. The molecule has 0 aliphatic carbocycles. The first-order valence-electron chi connectivity index (χ1n) is 9.85. The molecule has 28 heavy (non-hydrogen) atoms. The lowest BCUT2D eigenvalue weighted by Crippen LogP contribution is -2.53. The summed E-state index contributed by atoms with van der Waals surface area (Å²) in [7, 11) is 0. The molecule has 2 aromatic rings. The summed E-state index contributed by atoms with van der Waals surface area (Å²) < 4.78 is 5.99. The Bertz CT molecular complexity index is 900. The van der Waals surface area contributed by atoms with E-state index in [1.807, 2.05) is 31.2 Å². The molecule has 4 heterocycles. The van der Waals surface area contributed by atoms with Gasteiger partial charge in [-0.05, 0) is 45.0 Å². The van der Waals surface area contributed by atoms with Crippen LogP contribution in [0.1, 0.15) is 30.2 Å². The van der Waals surface area contributed by atoms with E-state index in [1.165, 1.54) is 5.56 Å². The Labute approximate surface area is 163 Å². The van der Waals surface area contributed by atoms with Gasteiger partial charge < -0.3 is 15.1 Å². The highest BCUT2D eigenvalue weighted by Gasteiger charge is 2.44. The molecule has 1 aromatic heterocycles. The van der Waals surface area contributed by atoms with E-state index in [9.17, 15) is 4.79 Å². The van der Waals surface area contributed by atoms with Crippen LogP contribution in [0.15, 0.2) is 40.5 Å². The number of amides is 1. The third-order valence-corrected chi connectivity index (χ3v) is 5.80. The van der Waals surface area contributed by atoms with E-state index in [0.717, 1.165) is 37.2 Å². The number of rotatable bonds is 3. The maximum absolute atomic E-state index is 12.4. The van der Waals surface area contributed by atoms with Gasteiger partial charge in [-0.2, -0.15) is 0 Å². The Morgan fingerprint density at radius 2 is 1.93 bits per heavy atom.